The maximum Gasteiger partial charge on any atom is 0.329 e. The summed E-state index contributed by atoms with van der Waals surface area (Å²) < 4.78 is 5.23. The number of nitrogens with one attached hydrogen (secondary N) is 1. The Balaban J connectivity index is 2.03. The maximum atomic E-state index is 12.3. The number of ether oxygens (including phenoxy) is 1. The van der Waals surface area contributed by atoms with E-state index in [9.17, 15) is 14.7 Å². The highest BCUT2D eigenvalue weighted by atomic mass is 16.5. The molecule has 2 aliphatic rings. The van der Waals surface area contributed by atoms with Crippen molar-refractivity contribution < 1.29 is 19.4 Å². The summed E-state index contributed by atoms with van der Waals surface area (Å²) in [7, 11) is 0. The SMILES string of the molecule is CC1CCCC(NC(=O)C2CCOCC2)(C(=O)O)C1. The molecule has 1 saturated carbocycles. The predicted molar refractivity (Wildman–Crippen MR) is 69.7 cm³/mol. The van der Waals surface area contributed by atoms with Crippen molar-refractivity contribution in [3.05, 3.63) is 0 Å². The third-order valence-corrected chi connectivity index (χ3v) is 4.36. The Morgan fingerprint density at radius 3 is 2.53 bits per heavy atom. The minimum Gasteiger partial charge on any atom is -0.480 e. The maximum absolute atomic E-state index is 12.3. The fourth-order valence-corrected chi connectivity index (χ4v) is 3.21. The summed E-state index contributed by atoms with van der Waals surface area (Å²) in [5.41, 5.74) is -1.05. The van der Waals surface area contributed by atoms with Crippen LogP contribution in [-0.2, 0) is 14.3 Å². The average Bonchev–Trinajstić information content (AvgIpc) is 2.39. The summed E-state index contributed by atoms with van der Waals surface area (Å²) >= 11 is 0. The third-order valence-electron chi connectivity index (χ3n) is 4.36. The molecule has 0 radical (unpaired) electrons. The van der Waals surface area contributed by atoms with Crippen molar-refractivity contribution in [3.8, 4) is 0 Å². The number of carboxylic acid groups (broad SMARTS) is 1. The Morgan fingerprint density at radius 2 is 1.95 bits per heavy atom. The van der Waals surface area contributed by atoms with Gasteiger partial charge in [-0.3, -0.25) is 4.79 Å². The van der Waals surface area contributed by atoms with E-state index in [4.69, 9.17) is 4.74 Å². The number of aliphatic carboxylic acids is 1. The predicted octanol–water partition coefficient (Wildman–Crippen LogP) is 1.56. The largest absolute Gasteiger partial charge is 0.480 e. The second-order valence-corrected chi connectivity index (χ2v) is 5.96. The van der Waals surface area contributed by atoms with E-state index < -0.39 is 11.5 Å². The van der Waals surface area contributed by atoms with Crippen molar-refractivity contribution in [3.63, 3.8) is 0 Å². The van der Waals surface area contributed by atoms with E-state index in [0.29, 0.717) is 44.8 Å². The van der Waals surface area contributed by atoms with Crippen LogP contribution in [0.25, 0.3) is 0 Å². The summed E-state index contributed by atoms with van der Waals surface area (Å²) in [5, 5.41) is 12.4. The molecule has 0 aromatic carbocycles. The lowest BCUT2D eigenvalue weighted by Gasteiger charge is -2.38. The molecule has 0 spiro atoms. The summed E-state index contributed by atoms with van der Waals surface area (Å²) in [6, 6.07) is 0. The van der Waals surface area contributed by atoms with E-state index >= 15 is 0 Å². The second-order valence-electron chi connectivity index (χ2n) is 5.96. The molecule has 1 aliphatic heterocycles. The molecule has 0 aromatic rings. The van der Waals surface area contributed by atoms with Crippen molar-refractivity contribution in [1.82, 2.24) is 5.32 Å². The summed E-state index contributed by atoms with van der Waals surface area (Å²) in [6.07, 6.45) is 4.37. The first kappa shape index (κ1) is 14.3. The number of hydrogen-bond acceptors (Lipinski definition) is 3. The van der Waals surface area contributed by atoms with Gasteiger partial charge in [0.05, 0.1) is 0 Å². The molecule has 1 saturated heterocycles. The lowest BCUT2D eigenvalue weighted by Crippen LogP contribution is -2.58. The van der Waals surface area contributed by atoms with Gasteiger partial charge in [0.15, 0.2) is 0 Å². The van der Waals surface area contributed by atoms with Crippen LogP contribution in [0.15, 0.2) is 0 Å². The molecule has 5 nitrogen and oxygen atoms in total. The van der Waals surface area contributed by atoms with Crippen LogP contribution in [-0.4, -0.2) is 35.7 Å². The van der Waals surface area contributed by atoms with Crippen molar-refractivity contribution in [1.29, 1.82) is 0 Å². The van der Waals surface area contributed by atoms with E-state index in [1.165, 1.54) is 0 Å². The molecule has 2 rings (SSSR count). The first-order valence-corrected chi connectivity index (χ1v) is 7.17. The van der Waals surface area contributed by atoms with E-state index in [1.807, 2.05) is 0 Å². The van der Waals surface area contributed by atoms with Gasteiger partial charge in [-0.25, -0.2) is 4.79 Å². The van der Waals surface area contributed by atoms with Gasteiger partial charge >= 0.3 is 5.97 Å². The van der Waals surface area contributed by atoms with Crippen LogP contribution in [0.1, 0.15) is 45.4 Å². The van der Waals surface area contributed by atoms with Gasteiger partial charge in [0.25, 0.3) is 0 Å². The molecule has 1 aliphatic carbocycles. The fourth-order valence-electron chi connectivity index (χ4n) is 3.21. The van der Waals surface area contributed by atoms with Gasteiger partial charge in [-0.15, -0.1) is 0 Å². The van der Waals surface area contributed by atoms with Crippen molar-refractivity contribution in [2.75, 3.05) is 13.2 Å². The standard InChI is InChI=1S/C14H23NO4/c1-10-3-2-6-14(9-10,13(17)18)15-12(16)11-4-7-19-8-5-11/h10-11H,2-9H2,1H3,(H,15,16)(H,17,18). The highest BCUT2D eigenvalue weighted by molar-refractivity contribution is 5.88. The quantitative estimate of drug-likeness (QED) is 0.815. The molecule has 1 amide bonds. The van der Waals surface area contributed by atoms with Crippen molar-refractivity contribution in [2.45, 2.75) is 51.0 Å². The first-order valence-electron chi connectivity index (χ1n) is 7.17. The number of hydrogen-bond donors (Lipinski definition) is 2. The van der Waals surface area contributed by atoms with Gasteiger partial charge < -0.3 is 15.2 Å². The number of rotatable bonds is 3. The molecule has 19 heavy (non-hydrogen) atoms. The average molecular weight is 269 g/mol. The van der Waals surface area contributed by atoms with Crippen LogP contribution < -0.4 is 5.32 Å². The van der Waals surface area contributed by atoms with Crippen molar-refractivity contribution in [2.24, 2.45) is 11.8 Å². The molecular formula is C14H23NO4. The van der Waals surface area contributed by atoms with Crippen LogP contribution in [0.2, 0.25) is 0 Å². The monoisotopic (exact) mass is 269 g/mol. The van der Waals surface area contributed by atoms with Gasteiger partial charge in [0.1, 0.15) is 5.54 Å². The number of carboxylic acids is 1. The fraction of sp³-hybridized carbons (Fsp3) is 0.857. The van der Waals surface area contributed by atoms with E-state index in [-0.39, 0.29) is 11.8 Å². The molecule has 2 atom stereocenters. The van der Waals surface area contributed by atoms with Crippen molar-refractivity contribution >= 4 is 11.9 Å². The Bertz CT molecular complexity index is 351. The molecule has 2 fully saturated rings. The normalized spacial score (nSPS) is 32.8. The number of amides is 1. The van der Waals surface area contributed by atoms with Gasteiger partial charge in [-0.2, -0.15) is 0 Å². The molecule has 108 valence electrons. The molecule has 2 N–H and O–H groups in total. The minimum atomic E-state index is -1.05. The van der Waals surface area contributed by atoms with E-state index in [1.54, 1.807) is 0 Å². The summed E-state index contributed by atoms with van der Waals surface area (Å²) in [4.78, 5) is 23.9. The summed E-state index contributed by atoms with van der Waals surface area (Å²) in [5.74, 6) is -0.749. The Labute approximate surface area is 113 Å². The van der Waals surface area contributed by atoms with Gasteiger partial charge in [0, 0.05) is 19.1 Å². The molecule has 0 aromatic heterocycles. The second kappa shape index (κ2) is 5.90. The number of carbonyl (C=O) groups is 2. The topological polar surface area (TPSA) is 75.6 Å². The first-order chi connectivity index (χ1) is 9.03. The third kappa shape index (κ3) is 3.26. The van der Waals surface area contributed by atoms with E-state index in [2.05, 4.69) is 12.2 Å². The van der Waals surface area contributed by atoms with Crippen LogP contribution in [0.5, 0.6) is 0 Å². The van der Waals surface area contributed by atoms with E-state index in [0.717, 1.165) is 12.8 Å². The molecule has 1 heterocycles. The zero-order valence-electron chi connectivity index (χ0n) is 11.5. The highest BCUT2D eigenvalue weighted by Gasteiger charge is 2.44. The van der Waals surface area contributed by atoms with Gasteiger partial charge in [-0.05, 0) is 31.6 Å². The van der Waals surface area contributed by atoms with Crippen LogP contribution in [0.4, 0.5) is 0 Å². The Kier molecular flexibility index (Phi) is 4.45. The van der Waals surface area contributed by atoms with Crippen LogP contribution in [0.3, 0.4) is 0 Å². The molecule has 0 bridgehead atoms. The highest BCUT2D eigenvalue weighted by Crippen LogP contribution is 2.33. The zero-order valence-corrected chi connectivity index (χ0v) is 11.5. The van der Waals surface area contributed by atoms with Gasteiger partial charge in [-0.1, -0.05) is 19.8 Å². The summed E-state index contributed by atoms with van der Waals surface area (Å²) in [6.45, 7) is 3.24. The van der Waals surface area contributed by atoms with Crippen LogP contribution in [0, 0.1) is 11.8 Å². The smallest absolute Gasteiger partial charge is 0.329 e. The molecule has 5 heteroatoms. The minimum absolute atomic E-state index is 0.0952. The number of carbonyl (C=O) groups excluding carboxylic acids is 1. The van der Waals surface area contributed by atoms with Crippen LogP contribution >= 0.6 is 0 Å². The lowest BCUT2D eigenvalue weighted by molar-refractivity contribution is -0.151. The zero-order chi connectivity index (χ0) is 13.9. The lowest BCUT2D eigenvalue weighted by atomic mass is 9.76. The molecule has 2 unspecified atom stereocenters. The molecular weight excluding hydrogens is 246 g/mol. The Morgan fingerprint density at radius 1 is 1.26 bits per heavy atom. The van der Waals surface area contributed by atoms with Gasteiger partial charge in [0.2, 0.25) is 5.91 Å². The Hall–Kier alpha value is -1.10.